The van der Waals surface area contributed by atoms with Gasteiger partial charge >= 0.3 is 7.12 Å². The smallest absolute Gasteiger partial charge is 0.495 e. The third kappa shape index (κ3) is 4.74. The molecule has 3 rings (SSSR count). The van der Waals surface area contributed by atoms with Crippen molar-refractivity contribution in [2.45, 2.75) is 95.9 Å². The van der Waals surface area contributed by atoms with E-state index in [0.29, 0.717) is 24.3 Å². The first-order valence-corrected chi connectivity index (χ1v) is 15.1. The number of sulfonamides is 1. The van der Waals surface area contributed by atoms with Crippen molar-refractivity contribution in [2.75, 3.05) is 4.72 Å². The van der Waals surface area contributed by atoms with Gasteiger partial charge in [0.15, 0.2) is 0 Å². The van der Waals surface area contributed by atoms with Crippen LogP contribution in [0.1, 0.15) is 61.3 Å². The van der Waals surface area contributed by atoms with Gasteiger partial charge in [0.1, 0.15) is 5.75 Å². The molecule has 1 aliphatic heterocycles. The average Bonchev–Trinajstić information content (AvgIpc) is 3.33. The van der Waals surface area contributed by atoms with E-state index >= 15 is 0 Å². The van der Waals surface area contributed by atoms with Gasteiger partial charge in [-0.05, 0) is 76.3 Å². The van der Waals surface area contributed by atoms with Crippen molar-refractivity contribution in [3.63, 3.8) is 0 Å². The molecule has 168 valence electrons. The predicted molar refractivity (Wildman–Crippen MR) is 126 cm³/mol. The molecule has 0 amide bonds. The molecule has 0 atom stereocenters. The number of hydrogen-bond acceptors (Lipinski definition) is 5. The van der Waals surface area contributed by atoms with Crippen LogP contribution in [0.15, 0.2) is 18.2 Å². The van der Waals surface area contributed by atoms with Gasteiger partial charge in [-0.2, -0.15) is 0 Å². The van der Waals surface area contributed by atoms with E-state index in [0.717, 1.165) is 5.46 Å². The molecule has 1 saturated carbocycles. The maximum absolute atomic E-state index is 12.6. The number of benzene rings is 1. The summed E-state index contributed by atoms with van der Waals surface area (Å²) in [6.45, 7) is 18.9. The van der Waals surface area contributed by atoms with Crippen LogP contribution in [0.3, 0.4) is 0 Å². The highest BCUT2D eigenvalue weighted by Gasteiger charge is 2.52. The van der Waals surface area contributed by atoms with Gasteiger partial charge in [0.2, 0.25) is 18.3 Å². The fraction of sp³-hybridized carbons (Fsp3) is 0.714. The van der Waals surface area contributed by atoms with Gasteiger partial charge in [-0.1, -0.05) is 20.8 Å². The Balaban J connectivity index is 1.98. The summed E-state index contributed by atoms with van der Waals surface area (Å²) in [7, 11) is -6.10. The molecule has 0 unspecified atom stereocenters. The van der Waals surface area contributed by atoms with Gasteiger partial charge in [-0.25, -0.2) is 8.42 Å². The molecular formula is C21H36BNO5SSi. The molecule has 1 saturated heterocycles. The lowest BCUT2D eigenvalue weighted by Gasteiger charge is -2.36. The van der Waals surface area contributed by atoms with Crippen molar-refractivity contribution in [3.05, 3.63) is 18.2 Å². The molecule has 6 nitrogen and oxygen atoms in total. The van der Waals surface area contributed by atoms with E-state index in [4.69, 9.17) is 13.7 Å². The van der Waals surface area contributed by atoms with E-state index in [-0.39, 0.29) is 10.3 Å². The van der Waals surface area contributed by atoms with Crippen molar-refractivity contribution >= 4 is 36.6 Å². The first-order valence-electron chi connectivity index (χ1n) is 10.6. The van der Waals surface area contributed by atoms with Gasteiger partial charge < -0.3 is 13.7 Å². The average molecular weight is 453 g/mol. The third-order valence-corrected chi connectivity index (χ3v) is 13.1. The SMILES string of the molecule is CC1(C)OB(c2cc(NS(=O)(=O)C3CC3)cc(O[Si](C)(C)C(C)(C)C)c2)OC1(C)C. The van der Waals surface area contributed by atoms with Crippen molar-refractivity contribution in [1.82, 2.24) is 0 Å². The normalized spacial score (nSPS) is 21.6. The lowest BCUT2D eigenvalue weighted by Crippen LogP contribution is -2.44. The van der Waals surface area contributed by atoms with Crippen LogP contribution >= 0.6 is 0 Å². The molecule has 2 fully saturated rings. The second-order valence-electron chi connectivity index (χ2n) is 11.1. The molecule has 1 aliphatic carbocycles. The molecule has 1 N–H and O–H groups in total. The Hall–Kier alpha value is -1.03. The first-order chi connectivity index (χ1) is 13.4. The molecule has 0 aromatic heterocycles. The molecule has 0 radical (unpaired) electrons. The minimum absolute atomic E-state index is 0.0149. The van der Waals surface area contributed by atoms with E-state index in [2.05, 4.69) is 38.6 Å². The van der Waals surface area contributed by atoms with Gasteiger partial charge in [0.05, 0.1) is 22.1 Å². The van der Waals surface area contributed by atoms with Crippen LogP contribution in [0, 0.1) is 0 Å². The summed E-state index contributed by atoms with van der Waals surface area (Å²) in [5, 5.41) is -0.288. The second-order valence-corrected chi connectivity index (χ2v) is 17.8. The zero-order valence-corrected chi connectivity index (χ0v) is 21.6. The summed E-state index contributed by atoms with van der Waals surface area (Å²) in [5.41, 5.74) is 0.268. The second kappa shape index (κ2) is 7.25. The summed E-state index contributed by atoms with van der Waals surface area (Å²) < 4.78 is 46.8. The molecule has 0 bridgehead atoms. The van der Waals surface area contributed by atoms with Gasteiger partial charge in [-0.3, -0.25) is 4.72 Å². The van der Waals surface area contributed by atoms with Crippen LogP contribution < -0.4 is 14.6 Å². The molecule has 30 heavy (non-hydrogen) atoms. The van der Waals surface area contributed by atoms with Crippen LogP contribution in [0.4, 0.5) is 5.69 Å². The maximum atomic E-state index is 12.6. The lowest BCUT2D eigenvalue weighted by molar-refractivity contribution is 0.00578. The fourth-order valence-corrected chi connectivity index (χ4v) is 5.31. The Kier molecular flexibility index (Phi) is 5.71. The first kappa shape index (κ1) is 23.6. The molecule has 1 aromatic carbocycles. The molecule has 2 aliphatic rings. The molecule has 1 aromatic rings. The van der Waals surface area contributed by atoms with E-state index in [1.165, 1.54) is 0 Å². The zero-order valence-electron chi connectivity index (χ0n) is 19.8. The third-order valence-electron chi connectivity index (χ3n) is 6.86. The van der Waals surface area contributed by atoms with E-state index in [1.807, 2.05) is 33.8 Å². The van der Waals surface area contributed by atoms with Crippen LogP contribution in [-0.2, 0) is 19.3 Å². The largest absolute Gasteiger partial charge is 0.543 e. The van der Waals surface area contributed by atoms with Crippen LogP contribution in [0.25, 0.3) is 0 Å². The minimum atomic E-state index is -3.39. The highest BCUT2D eigenvalue weighted by Crippen LogP contribution is 2.39. The number of anilines is 1. The summed E-state index contributed by atoms with van der Waals surface area (Å²) >= 11 is 0. The van der Waals surface area contributed by atoms with Crippen LogP contribution in [0.5, 0.6) is 5.75 Å². The quantitative estimate of drug-likeness (QED) is 0.651. The van der Waals surface area contributed by atoms with E-state index < -0.39 is 36.7 Å². The topological polar surface area (TPSA) is 73.9 Å². The zero-order chi connectivity index (χ0) is 22.8. The van der Waals surface area contributed by atoms with Gasteiger partial charge in [-0.15, -0.1) is 0 Å². The highest BCUT2D eigenvalue weighted by molar-refractivity contribution is 7.93. The highest BCUT2D eigenvalue weighted by atomic mass is 32.2. The Morgan fingerprint density at radius 3 is 2.07 bits per heavy atom. The number of nitrogens with one attached hydrogen (secondary N) is 1. The van der Waals surface area contributed by atoms with Gasteiger partial charge in [0, 0.05) is 6.07 Å². The summed E-state index contributed by atoms with van der Waals surface area (Å²) in [4.78, 5) is 0. The van der Waals surface area contributed by atoms with Crippen LogP contribution in [-0.4, -0.2) is 40.3 Å². The molecular weight excluding hydrogens is 417 g/mol. The monoisotopic (exact) mass is 453 g/mol. The van der Waals surface area contributed by atoms with Crippen molar-refractivity contribution in [2.24, 2.45) is 0 Å². The van der Waals surface area contributed by atoms with Crippen molar-refractivity contribution in [1.29, 1.82) is 0 Å². The minimum Gasteiger partial charge on any atom is -0.543 e. The maximum Gasteiger partial charge on any atom is 0.495 e. The Bertz CT molecular complexity index is 904. The standard InChI is InChI=1S/C21H36BNO5SSi/c1-19(2,3)30(8,9)26-17-13-15(22-27-20(4,5)21(6,7)28-22)12-16(14-17)23-29(24,25)18-10-11-18/h12-14,18,23H,10-11H2,1-9H3. The van der Waals surface area contributed by atoms with Gasteiger partial charge in [0.25, 0.3) is 0 Å². The van der Waals surface area contributed by atoms with Crippen LogP contribution in [0.2, 0.25) is 18.1 Å². The molecule has 1 heterocycles. The number of hydrogen-bond donors (Lipinski definition) is 1. The van der Waals surface area contributed by atoms with Crippen molar-refractivity contribution in [3.8, 4) is 5.75 Å². The Labute approximate surface area is 183 Å². The van der Waals surface area contributed by atoms with E-state index in [9.17, 15) is 8.42 Å². The summed E-state index contributed by atoms with van der Waals surface area (Å²) in [5.74, 6) is 0.641. The Morgan fingerprint density at radius 2 is 1.60 bits per heavy atom. The fourth-order valence-electron chi connectivity index (χ4n) is 2.93. The Morgan fingerprint density at radius 1 is 1.07 bits per heavy atom. The van der Waals surface area contributed by atoms with E-state index in [1.54, 1.807) is 12.1 Å². The molecule has 9 heteroatoms. The predicted octanol–water partition coefficient (Wildman–Crippen LogP) is 4.27. The number of rotatable bonds is 6. The summed E-state index contributed by atoms with van der Waals surface area (Å²) in [6, 6.07) is 5.48. The lowest BCUT2D eigenvalue weighted by atomic mass is 9.79. The van der Waals surface area contributed by atoms with Crippen molar-refractivity contribution < 1.29 is 22.2 Å². The summed E-state index contributed by atoms with van der Waals surface area (Å²) in [6.07, 6.45) is 1.42. The molecule has 0 spiro atoms.